The first-order chi connectivity index (χ1) is 11.2. The van der Waals surface area contributed by atoms with Crippen molar-refractivity contribution in [2.45, 2.75) is 26.8 Å². The summed E-state index contributed by atoms with van der Waals surface area (Å²) in [5, 5.41) is 6.57. The van der Waals surface area contributed by atoms with E-state index >= 15 is 0 Å². The molecule has 2 rings (SSSR count). The van der Waals surface area contributed by atoms with Gasteiger partial charge in [0.1, 0.15) is 11.5 Å². The number of guanidine groups is 1. The summed E-state index contributed by atoms with van der Waals surface area (Å²) in [7, 11) is 1.69. The molecule has 0 bridgehead atoms. The summed E-state index contributed by atoms with van der Waals surface area (Å²) in [5.74, 6) is 2.69. The number of benzene rings is 1. The molecule has 0 saturated carbocycles. The zero-order valence-corrected chi connectivity index (χ0v) is 16.8. The van der Waals surface area contributed by atoms with Crippen molar-refractivity contribution >= 4 is 29.9 Å². The lowest BCUT2D eigenvalue weighted by atomic mass is 10.1. The van der Waals surface area contributed by atoms with Gasteiger partial charge in [-0.15, -0.1) is 24.0 Å². The van der Waals surface area contributed by atoms with Gasteiger partial charge in [-0.3, -0.25) is 0 Å². The van der Waals surface area contributed by atoms with Gasteiger partial charge in [-0.25, -0.2) is 4.99 Å². The molecule has 0 amide bonds. The molecule has 0 fully saturated rings. The van der Waals surface area contributed by atoms with E-state index in [1.165, 1.54) is 0 Å². The highest BCUT2D eigenvalue weighted by Gasteiger charge is 2.02. The van der Waals surface area contributed by atoms with Crippen LogP contribution >= 0.6 is 24.0 Å². The van der Waals surface area contributed by atoms with Crippen LogP contribution in [0.2, 0.25) is 0 Å². The molecule has 2 N–H and O–H groups in total. The second-order valence-electron chi connectivity index (χ2n) is 5.26. The standard InChI is InChI=1S/C18H25N3O2.HI/c1-4-19-18(20-10-9-16-6-5-11-23-16)21-13-15-7-8-17(22-3)14(2)12-15;/h5-8,11-12H,4,9-10,13H2,1-3H3,(H2,19,20,21);1H. The van der Waals surface area contributed by atoms with E-state index in [0.717, 1.165) is 48.1 Å². The van der Waals surface area contributed by atoms with Crippen LogP contribution in [0.5, 0.6) is 5.75 Å². The molecule has 0 radical (unpaired) electrons. The molecule has 0 aliphatic carbocycles. The second kappa shape index (κ2) is 11.0. The average Bonchev–Trinajstić information content (AvgIpc) is 3.06. The highest BCUT2D eigenvalue weighted by atomic mass is 127. The van der Waals surface area contributed by atoms with E-state index < -0.39 is 0 Å². The Bertz CT molecular complexity index is 627. The maximum Gasteiger partial charge on any atom is 0.191 e. The Labute approximate surface area is 160 Å². The molecule has 5 nitrogen and oxygen atoms in total. The molecule has 0 saturated heterocycles. The number of halogens is 1. The minimum absolute atomic E-state index is 0. The lowest BCUT2D eigenvalue weighted by Gasteiger charge is -2.11. The van der Waals surface area contributed by atoms with Gasteiger partial charge in [0.2, 0.25) is 0 Å². The Hall–Kier alpha value is -1.70. The minimum atomic E-state index is 0. The predicted molar refractivity (Wildman–Crippen MR) is 108 cm³/mol. The van der Waals surface area contributed by atoms with Crippen molar-refractivity contribution < 1.29 is 9.15 Å². The van der Waals surface area contributed by atoms with Crippen LogP contribution in [-0.2, 0) is 13.0 Å². The molecule has 0 spiro atoms. The number of hydrogen-bond acceptors (Lipinski definition) is 3. The van der Waals surface area contributed by atoms with Crippen LogP contribution in [-0.4, -0.2) is 26.2 Å². The maximum absolute atomic E-state index is 5.33. The molecule has 0 unspecified atom stereocenters. The van der Waals surface area contributed by atoms with Gasteiger partial charge in [0, 0.05) is 19.5 Å². The number of ether oxygens (including phenoxy) is 1. The first-order valence-electron chi connectivity index (χ1n) is 7.91. The van der Waals surface area contributed by atoms with Crippen LogP contribution < -0.4 is 15.4 Å². The molecular formula is C18H26IN3O2. The van der Waals surface area contributed by atoms with Crippen molar-refractivity contribution in [1.29, 1.82) is 0 Å². The quantitative estimate of drug-likeness (QED) is 0.391. The Kier molecular flexibility index (Phi) is 9.29. The molecule has 1 heterocycles. The number of aliphatic imine (C=N–C) groups is 1. The van der Waals surface area contributed by atoms with E-state index in [4.69, 9.17) is 9.15 Å². The summed E-state index contributed by atoms with van der Waals surface area (Å²) in [5.41, 5.74) is 2.28. The van der Waals surface area contributed by atoms with E-state index in [1.54, 1.807) is 13.4 Å². The second-order valence-corrected chi connectivity index (χ2v) is 5.26. The average molecular weight is 443 g/mol. The van der Waals surface area contributed by atoms with Crippen molar-refractivity contribution in [3.63, 3.8) is 0 Å². The van der Waals surface area contributed by atoms with Crippen LogP contribution in [0, 0.1) is 6.92 Å². The number of methoxy groups -OCH3 is 1. The lowest BCUT2D eigenvalue weighted by Crippen LogP contribution is -2.38. The third kappa shape index (κ3) is 6.43. The fourth-order valence-electron chi connectivity index (χ4n) is 2.31. The fourth-order valence-corrected chi connectivity index (χ4v) is 2.31. The zero-order chi connectivity index (χ0) is 16.5. The summed E-state index contributed by atoms with van der Waals surface area (Å²) < 4.78 is 10.6. The third-order valence-electron chi connectivity index (χ3n) is 3.47. The number of hydrogen-bond donors (Lipinski definition) is 2. The lowest BCUT2D eigenvalue weighted by molar-refractivity contribution is 0.411. The predicted octanol–water partition coefficient (Wildman–Crippen LogP) is 3.51. The first kappa shape index (κ1) is 20.3. The van der Waals surface area contributed by atoms with Gasteiger partial charge in [0.15, 0.2) is 5.96 Å². The van der Waals surface area contributed by atoms with Gasteiger partial charge in [0.25, 0.3) is 0 Å². The van der Waals surface area contributed by atoms with Crippen molar-refractivity contribution in [2.24, 2.45) is 4.99 Å². The molecule has 132 valence electrons. The van der Waals surface area contributed by atoms with E-state index in [0.29, 0.717) is 6.54 Å². The van der Waals surface area contributed by atoms with E-state index in [9.17, 15) is 0 Å². The van der Waals surface area contributed by atoms with Crippen molar-refractivity contribution in [2.75, 3.05) is 20.2 Å². The molecular weight excluding hydrogens is 417 g/mol. The molecule has 0 atom stereocenters. The van der Waals surface area contributed by atoms with Crippen molar-refractivity contribution in [3.05, 3.63) is 53.5 Å². The summed E-state index contributed by atoms with van der Waals surface area (Å²) in [4.78, 5) is 4.62. The topological polar surface area (TPSA) is 58.8 Å². The number of rotatable bonds is 7. The molecule has 2 aromatic rings. The smallest absolute Gasteiger partial charge is 0.191 e. The van der Waals surface area contributed by atoms with Gasteiger partial charge in [0.05, 0.1) is 19.9 Å². The fraction of sp³-hybridized carbons (Fsp3) is 0.389. The summed E-state index contributed by atoms with van der Waals surface area (Å²) >= 11 is 0. The molecule has 6 heteroatoms. The number of nitrogens with zero attached hydrogens (tertiary/aromatic N) is 1. The number of furan rings is 1. The van der Waals surface area contributed by atoms with Crippen LogP contribution in [0.1, 0.15) is 23.8 Å². The Balaban J connectivity index is 0.00000288. The van der Waals surface area contributed by atoms with E-state index in [1.807, 2.05) is 31.2 Å². The van der Waals surface area contributed by atoms with Crippen LogP contribution in [0.4, 0.5) is 0 Å². The SMILES string of the molecule is CCNC(=NCc1ccc(OC)c(C)c1)NCCc1ccco1.I. The van der Waals surface area contributed by atoms with Crippen LogP contribution in [0.3, 0.4) is 0 Å². The van der Waals surface area contributed by atoms with Gasteiger partial charge in [-0.2, -0.15) is 0 Å². The molecule has 1 aromatic heterocycles. The molecule has 1 aromatic carbocycles. The minimum Gasteiger partial charge on any atom is -0.496 e. The monoisotopic (exact) mass is 443 g/mol. The van der Waals surface area contributed by atoms with E-state index in [2.05, 4.69) is 28.6 Å². The molecule has 0 aliphatic rings. The molecule has 0 aliphatic heterocycles. The Morgan fingerprint density at radius 1 is 1.25 bits per heavy atom. The summed E-state index contributed by atoms with van der Waals surface area (Å²) in [6, 6.07) is 10.0. The highest BCUT2D eigenvalue weighted by molar-refractivity contribution is 14.0. The summed E-state index contributed by atoms with van der Waals surface area (Å²) in [6.07, 6.45) is 2.53. The van der Waals surface area contributed by atoms with Gasteiger partial charge in [-0.05, 0) is 43.2 Å². The highest BCUT2D eigenvalue weighted by Crippen LogP contribution is 2.18. The van der Waals surface area contributed by atoms with Gasteiger partial charge in [-0.1, -0.05) is 12.1 Å². The number of nitrogens with one attached hydrogen (secondary N) is 2. The largest absolute Gasteiger partial charge is 0.496 e. The zero-order valence-electron chi connectivity index (χ0n) is 14.5. The van der Waals surface area contributed by atoms with Gasteiger partial charge < -0.3 is 19.8 Å². The maximum atomic E-state index is 5.33. The third-order valence-corrected chi connectivity index (χ3v) is 3.47. The van der Waals surface area contributed by atoms with Crippen LogP contribution in [0.15, 0.2) is 46.0 Å². The van der Waals surface area contributed by atoms with Gasteiger partial charge >= 0.3 is 0 Å². The van der Waals surface area contributed by atoms with Crippen molar-refractivity contribution in [3.8, 4) is 5.75 Å². The van der Waals surface area contributed by atoms with E-state index in [-0.39, 0.29) is 24.0 Å². The summed E-state index contributed by atoms with van der Waals surface area (Å²) in [6.45, 7) is 6.33. The van der Waals surface area contributed by atoms with Crippen molar-refractivity contribution in [1.82, 2.24) is 10.6 Å². The molecule has 24 heavy (non-hydrogen) atoms. The normalized spacial score (nSPS) is 10.9. The Morgan fingerprint density at radius 3 is 2.71 bits per heavy atom. The first-order valence-corrected chi connectivity index (χ1v) is 7.91. The van der Waals surface area contributed by atoms with Crippen LogP contribution in [0.25, 0.3) is 0 Å². The Morgan fingerprint density at radius 2 is 2.08 bits per heavy atom. The number of aryl methyl sites for hydroxylation is 1.